The maximum absolute atomic E-state index is 6.15. The predicted octanol–water partition coefficient (Wildman–Crippen LogP) is 4.21. The minimum atomic E-state index is -0.0945. The number of hydrogen-bond donors (Lipinski definition) is 1. The second-order valence-corrected chi connectivity index (χ2v) is 5.27. The lowest BCUT2D eigenvalue weighted by Gasteiger charge is -2.12. The van der Waals surface area contributed by atoms with E-state index in [0.29, 0.717) is 5.02 Å². The van der Waals surface area contributed by atoms with Gasteiger partial charge in [0.1, 0.15) is 0 Å². The van der Waals surface area contributed by atoms with Crippen molar-refractivity contribution in [1.29, 1.82) is 0 Å². The summed E-state index contributed by atoms with van der Waals surface area (Å²) >= 11 is 11.0. The van der Waals surface area contributed by atoms with Crippen molar-refractivity contribution in [2.75, 3.05) is 0 Å². The normalized spacial score (nSPS) is 12.7. The first-order chi connectivity index (χ1) is 7.18. The summed E-state index contributed by atoms with van der Waals surface area (Å²) in [6.07, 6.45) is 0. The maximum Gasteiger partial charge on any atom is 0.0571 e. The number of thiophene rings is 1. The molecule has 1 heterocycles. The molecule has 2 aromatic rings. The fourth-order valence-electron chi connectivity index (χ4n) is 1.39. The molecule has 1 atom stereocenters. The summed E-state index contributed by atoms with van der Waals surface area (Å²) in [7, 11) is 0. The first kappa shape index (κ1) is 11.1. The van der Waals surface area contributed by atoms with E-state index in [4.69, 9.17) is 17.3 Å². The van der Waals surface area contributed by atoms with E-state index in [1.165, 1.54) is 0 Å². The van der Waals surface area contributed by atoms with Crippen LogP contribution < -0.4 is 5.73 Å². The zero-order valence-corrected chi connectivity index (χ0v) is 10.9. The molecule has 2 rings (SSSR count). The van der Waals surface area contributed by atoms with Gasteiger partial charge in [-0.25, -0.2) is 0 Å². The molecule has 0 spiro atoms. The maximum atomic E-state index is 6.15. The second-order valence-electron chi connectivity index (χ2n) is 3.20. The topological polar surface area (TPSA) is 26.0 Å². The fraction of sp³-hybridized carbons (Fsp3) is 0.0909. The Bertz CT molecular complexity index is 456. The molecule has 0 saturated heterocycles. The van der Waals surface area contributed by atoms with Gasteiger partial charge in [0.05, 0.1) is 6.04 Å². The van der Waals surface area contributed by atoms with Crippen LogP contribution in [0.3, 0.4) is 0 Å². The molecule has 0 fully saturated rings. The van der Waals surface area contributed by atoms with E-state index >= 15 is 0 Å². The van der Waals surface area contributed by atoms with Gasteiger partial charge in [-0.3, -0.25) is 0 Å². The molecule has 0 bridgehead atoms. The largest absolute Gasteiger partial charge is 0.320 e. The molecule has 2 N–H and O–H groups in total. The van der Waals surface area contributed by atoms with E-state index in [0.717, 1.165) is 15.6 Å². The SMILES string of the molecule is NC(c1ccsc1)c1ccc(Cl)cc1Br. The molecule has 0 amide bonds. The van der Waals surface area contributed by atoms with Gasteiger partial charge in [-0.15, -0.1) is 0 Å². The molecule has 0 aliphatic heterocycles. The van der Waals surface area contributed by atoms with Crippen LogP contribution in [0.5, 0.6) is 0 Å². The summed E-state index contributed by atoms with van der Waals surface area (Å²) in [6, 6.07) is 7.62. The molecule has 15 heavy (non-hydrogen) atoms. The molecule has 0 aliphatic rings. The molecule has 1 unspecified atom stereocenters. The standard InChI is InChI=1S/C11H9BrClNS/c12-10-5-8(13)1-2-9(10)11(14)7-3-4-15-6-7/h1-6,11H,14H2. The van der Waals surface area contributed by atoms with Crippen LogP contribution in [0.15, 0.2) is 39.5 Å². The van der Waals surface area contributed by atoms with E-state index in [2.05, 4.69) is 21.3 Å². The zero-order valence-electron chi connectivity index (χ0n) is 7.78. The Balaban J connectivity index is 2.38. The van der Waals surface area contributed by atoms with Crippen LogP contribution in [0.25, 0.3) is 0 Å². The van der Waals surface area contributed by atoms with Gasteiger partial charge in [-0.05, 0) is 40.1 Å². The van der Waals surface area contributed by atoms with Crippen LogP contribution >= 0.6 is 38.9 Å². The van der Waals surface area contributed by atoms with Crippen LogP contribution in [0.1, 0.15) is 17.2 Å². The molecule has 0 aliphatic carbocycles. The quantitative estimate of drug-likeness (QED) is 0.883. The summed E-state index contributed by atoms with van der Waals surface area (Å²) in [6.45, 7) is 0. The molecule has 78 valence electrons. The lowest BCUT2D eigenvalue weighted by atomic mass is 10.0. The van der Waals surface area contributed by atoms with E-state index in [1.807, 2.05) is 29.6 Å². The summed E-state index contributed by atoms with van der Waals surface area (Å²) in [5, 5.41) is 4.80. The van der Waals surface area contributed by atoms with E-state index in [1.54, 1.807) is 11.3 Å². The van der Waals surface area contributed by atoms with E-state index < -0.39 is 0 Å². The summed E-state index contributed by atoms with van der Waals surface area (Å²) in [5.41, 5.74) is 8.33. The van der Waals surface area contributed by atoms with Crippen molar-refractivity contribution in [3.8, 4) is 0 Å². The fourth-order valence-corrected chi connectivity index (χ4v) is 3.01. The van der Waals surface area contributed by atoms with Crippen LogP contribution in [0, 0.1) is 0 Å². The Morgan fingerprint density at radius 1 is 1.33 bits per heavy atom. The second kappa shape index (κ2) is 4.66. The van der Waals surface area contributed by atoms with Crippen molar-refractivity contribution in [2.45, 2.75) is 6.04 Å². The lowest BCUT2D eigenvalue weighted by molar-refractivity contribution is 0.871. The van der Waals surface area contributed by atoms with Gasteiger partial charge in [0, 0.05) is 9.50 Å². The minimum absolute atomic E-state index is 0.0945. The summed E-state index contributed by atoms with van der Waals surface area (Å²) in [4.78, 5) is 0. The van der Waals surface area contributed by atoms with Crippen LogP contribution in [-0.2, 0) is 0 Å². The van der Waals surface area contributed by atoms with Gasteiger partial charge < -0.3 is 5.73 Å². The van der Waals surface area contributed by atoms with Gasteiger partial charge in [0.25, 0.3) is 0 Å². The molecular formula is C11H9BrClNS. The lowest BCUT2D eigenvalue weighted by Crippen LogP contribution is -2.11. The summed E-state index contributed by atoms with van der Waals surface area (Å²) < 4.78 is 0.953. The Kier molecular flexibility index (Phi) is 3.46. The average Bonchev–Trinajstić information content (AvgIpc) is 2.69. The van der Waals surface area contributed by atoms with Gasteiger partial charge in [0.15, 0.2) is 0 Å². The van der Waals surface area contributed by atoms with Crippen LogP contribution in [0.2, 0.25) is 5.02 Å². The van der Waals surface area contributed by atoms with Gasteiger partial charge in [0.2, 0.25) is 0 Å². The number of halogens is 2. The molecule has 1 nitrogen and oxygen atoms in total. The minimum Gasteiger partial charge on any atom is -0.320 e. The highest BCUT2D eigenvalue weighted by Crippen LogP contribution is 2.29. The average molecular weight is 303 g/mol. The molecule has 1 aromatic carbocycles. The number of hydrogen-bond acceptors (Lipinski definition) is 2. The van der Waals surface area contributed by atoms with Crippen molar-refractivity contribution in [3.63, 3.8) is 0 Å². The van der Waals surface area contributed by atoms with Crippen molar-refractivity contribution in [2.24, 2.45) is 5.73 Å². The Morgan fingerprint density at radius 3 is 2.73 bits per heavy atom. The highest BCUT2D eigenvalue weighted by Gasteiger charge is 2.12. The predicted molar refractivity (Wildman–Crippen MR) is 69.5 cm³/mol. The van der Waals surface area contributed by atoms with Gasteiger partial charge in [-0.2, -0.15) is 11.3 Å². The smallest absolute Gasteiger partial charge is 0.0571 e. The number of benzene rings is 1. The first-order valence-electron chi connectivity index (χ1n) is 4.41. The number of rotatable bonds is 2. The van der Waals surface area contributed by atoms with E-state index in [-0.39, 0.29) is 6.04 Å². The van der Waals surface area contributed by atoms with Crippen molar-refractivity contribution >= 4 is 38.9 Å². The third kappa shape index (κ3) is 2.42. The van der Waals surface area contributed by atoms with Crippen LogP contribution in [0.4, 0.5) is 0 Å². The third-order valence-corrected chi connectivity index (χ3v) is 3.82. The monoisotopic (exact) mass is 301 g/mol. The number of nitrogens with two attached hydrogens (primary N) is 1. The third-order valence-electron chi connectivity index (χ3n) is 2.20. The Hall–Kier alpha value is -0.350. The zero-order chi connectivity index (χ0) is 10.8. The van der Waals surface area contributed by atoms with Gasteiger partial charge in [-0.1, -0.05) is 33.6 Å². The van der Waals surface area contributed by atoms with Crippen molar-refractivity contribution < 1.29 is 0 Å². The van der Waals surface area contributed by atoms with Crippen molar-refractivity contribution in [1.82, 2.24) is 0 Å². The van der Waals surface area contributed by atoms with Gasteiger partial charge >= 0.3 is 0 Å². The first-order valence-corrected chi connectivity index (χ1v) is 6.52. The molecule has 0 saturated carbocycles. The van der Waals surface area contributed by atoms with Crippen molar-refractivity contribution in [3.05, 3.63) is 55.6 Å². The molecule has 4 heteroatoms. The summed E-state index contributed by atoms with van der Waals surface area (Å²) in [5.74, 6) is 0. The molecule has 1 aromatic heterocycles. The molecule has 0 radical (unpaired) electrons. The molecular weight excluding hydrogens is 294 g/mol. The highest BCUT2D eigenvalue weighted by atomic mass is 79.9. The highest BCUT2D eigenvalue weighted by molar-refractivity contribution is 9.10. The van der Waals surface area contributed by atoms with Crippen LogP contribution in [-0.4, -0.2) is 0 Å². The Morgan fingerprint density at radius 2 is 2.13 bits per heavy atom. The Labute approximate surface area is 106 Å². The van der Waals surface area contributed by atoms with E-state index in [9.17, 15) is 0 Å².